The first kappa shape index (κ1) is 35.3. The number of fused-ring (bicyclic) bond motifs is 1. The molecule has 0 radical (unpaired) electrons. The Morgan fingerprint density at radius 2 is 1.71 bits per heavy atom. The van der Waals surface area contributed by atoms with Crippen LogP contribution in [0.4, 0.5) is 5.69 Å². The molecule has 1 heterocycles. The second-order valence-corrected chi connectivity index (χ2v) is 12.8. The lowest BCUT2D eigenvalue weighted by molar-refractivity contribution is -0.124. The Morgan fingerprint density at radius 1 is 1.06 bits per heavy atom. The minimum atomic E-state index is -2.03. The molecule has 1 aliphatic carbocycles. The quantitative estimate of drug-likeness (QED) is 0.201. The lowest BCUT2D eigenvalue weighted by Gasteiger charge is -2.38. The number of ketones is 2. The van der Waals surface area contributed by atoms with Gasteiger partial charge in [0.05, 0.1) is 20.8 Å². The number of aliphatic hydroxyl groups is 1. The lowest BCUT2D eigenvalue weighted by Crippen LogP contribution is -2.53. The number of aliphatic hydroxyl groups excluding tert-OH is 1. The van der Waals surface area contributed by atoms with E-state index in [1.807, 2.05) is 18.4 Å². The molecule has 0 aromatic heterocycles. The number of primary amides is 1. The van der Waals surface area contributed by atoms with Gasteiger partial charge in [-0.3, -0.25) is 24.0 Å². The van der Waals surface area contributed by atoms with Crippen LogP contribution in [-0.4, -0.2) is 67.0 Å². The van der Waals surface area contributed by atoms with Crippen molar-refractivity contribution in [3.05, 3.63) is 87.6 Å². The zero-order valence-corrected chi connectivity index (χ0v) is 28.6. The van der Waals surface area contributed by atoms with Gasteiger partial charge < -0.3 is 35.7 Å². The largest absolute Gasteiger partial charge is 0.507 e. The van der Waals surface area contributed by atoms with Crippen LogP contribution in [0.15, 0.2) is 70.8 Å². The topological polar surface area (TPSA) is 183 Å². The van der Waals surface area contributed by atoms with E-state index < -0.39 is 59.0 Å². The average molecular weight is 708 g/mol. The lowest BCUT2D eigenvalue weighted by atomic mass is 9.69. The van der Waals surface area contributed by atoms with Crippen LogP contribution in [0.3, 0.4) is 0 Å². The summed E-state index contributed by atoms with van der Waals surface area (Å²) < 4.78 is 17.1. The van der Waals surface area contributed by atoms with E-state index in [4.69, 9.17) is 31.5 Å². The SMILES string of the molecule is COc1cc(OC)c2c(c1Cl)O[C@]1(C2=O)C(O)=C(C(CC(=O)NCC(=O)Nc2ccc(C(N)=O)cc2)c2ccc(SC)cc2)C(=O)C[C@H]1C. The Balaban J connectivity index is 1.48. The van der Waals surface area contributed by atoms with Crippen LogP contribution < -0.4 is 30.6 Å². The van der Waals surface area contributed by atoms with Gasteiger partial charge in [-0.25, -0.2) is 0 Å². The van der Waals surface area contributed by atoms with Gasteiger partial charge in [-0.05, 0) is 48.2 Å². The fourth-order valence-electron chi connectivity index (χ4n) is 6.12. The summed E-state index contributed by atoms with van der Waals surface area (Å²) in [5.41, 5.74) is 4.23. The van der Waals surface area contributed by atoms with E-state index >= 15 is 0 Å². The van der Waals surface area contributed by atoms with Crippen molar-refractivity contribution in [3.8, 4) is 17.2 Å². The zero-order chi connectivity index (χ0) is 35.6. The molecule has 1 unspecified atom stereocenters. The van der Waals surface area contributed by atoms with Gasteiger partial charge in [0, 0.05) is 52.5 Å². The number of nitrogens with two attached hydrogens (primary N) is 1. The van der Waals surface area contributed by atoms with E-state index in [0.717, 1.165) is 4.90 Å². The number of anilines is 1. The number of benzene rings is 3. The third-order valence-electron chi connectivity index (χ3n) is 8.67. The molecule has 3 aromatic rings. The third-order valence-corrected chi connectivity index (χ3v) is 9.77. The molecule has 14 heteroatoms. The van der Waals surface area contributed by atoms with Crippen molar-refractivity contribution in [2.75, 3.05) is 32.3 Å². The fourth-order valence-corrected chi connectivity index (χ4v) is 6.79. The monoisotopic (exact) mass is 707 g/mol. The number of nitrogens with one attached hydrogen (secondary N) is 2. The van der Waals surface area contributed by atoms with E-state index in [2.05, 4.69) is 10.6 Å². The Morgan fingerprint density at radius 3 is 2.31 bits per heavy atom. The number of rotatable bonds is 11. The molecular weight excluding hydrogens is 674 g/mol. The fraction of sp³-hybridized carbons (Fsp3) is 0.286. The summed E-state index contributed by atoms with van der Waals surface area (Å²) in [7, 11) is 2.75. The first-order valence-electron chi connectivity index (χ1n) is 15.1. The number of hydrogen-bond acceptors (Lipinski definition) is 10. The highest BCUT2D eigenvalue weighted by Gasteiger charge is 2.61. The summed E-state index contributed by atoms with van der Waals surface area (Å²) in [6.07, 6.45) is 1.36. The summed E-state index contributed by atoms with van der Waals surface area (Å²) >= 11 is 8.07. The number of halogens is 1. The Bertz CT molecular complexity index is 1880. The Hall–Kier alpha value is -5.01. The van der Waals surface area contributed by atoms with Crippen LogP contribution >= 0.6 is 23.4 Å². The van der Waals surface area contributed by atoms with E-state index in [1.165, 1.54) is 56.3 Å². The molecule has 3 atom stereocenters. The highest BCUT2D eigenvalue weighted by Crippen LogP contribution is 2.55. The van der Waals surface area contributed by atoms with Gasteiger partial charge in [0.1, 0.15) is 22.1 Å². The second kappa shape index (κ2) is 14.2. The van der Waals surface area contributed by atoms with E-state index in [1.54, 1.807) is 19.1 Å². The number of amides is 3. The molecule has 12 nitrogen and oxygen atoms in total. The molecule has 0 saturated heterocycles. The number of methoxy groups -OCH3 is 2. The van der Waals surface area contributed by atoms with Gasteiger partial charge in [-0.2, -0.15) is 0 Å². The highest BCUT2D eigenvalue weighted by molar-refractivity contribution is 7.98. The molecule has 0 bridgehead atoms. The maximum atomic E-state index is 14.3. The van der Waals surface area contributed by atoms with Crippen molar-refractivity contribution in [3.63, 3.8) is 0 Å². The van der Waals surface area contributed by atoms with Gasteiger partial charge >= 0.3 is 0 Å². The van der Waals surface area contributed by atoms with Gasteiger partial charge in [-0.15, -0.1) is 11.8 Å². The smallest absolute Gasteiger partial charge is 0.248 e. The normalized spacial score (nSPS) is 18.8. The van der Waals surface area contributed by atoms with Crippen molar-refractivity contribution in [1.29, 1.82) is 0 Å². The van der Waals surface area contributed by atoms with Crippen molar-refractivity contribution in [2.45, 2.75) is 36.2 Å². The first-order valence-corrected chi connectivity index (χ1v) is 16.7. The molecule has 49 heavy (non-hydrogen) atoms. The summed E-state index contributed by atoms with van der Waals surface area (Å²) in [6.45, 7) is 1.20. The molecule has 0 fully saturated rings. The average Bonchev–Trinajstić information content (AvgIpc) is 3.41. The number of carbonyl (C=O) groups is 5. The standard InChI is InChI=1S/C35H34ClN3O9S/c1-17-13-23(40)28(32(43)35(17)33(44)29-24(46-2)15-25(47-3)30(36)31(29)48-35)22(18-7-11-21(49-4)12-8-18)14-26(41)38-16-27(42)39-20-9-5-19(6-10-20)34(37)45/h5-12,15,17,22,43H,13-14,16H2,1-4H3,(H2,37,45)(H,38,41)(H,39,42)/t17-,22?,35+/m1/s1. The van der Waals surface area contributed by atoms with Crippen LogP contribution in [0.25, 0.3) is 0 Å². The van der Waals surface area contributed by atoms with Crippen LogP contribution in [-0.2, 0) is 14.4 Å². The molecule has 5 N–H and O–H groups in total. The van der Waals surface area contributed by atoms with E-state index in [9.17, 15) is 29.1 Å². The zero-order valence-electron chi connectivity index (χ0n) is 27.0. The summed E-state index contributed by atoms with van der Waals surface area (Å²) in [4.78, 5) is 66.3. The number of carbonyl (C=O) groups excluding carboxylic acids is 5. The molecule has 3 amide bonds. The Kier molecular flexibility index (Phi) is 10.2. The van der Waals surface area contributed by atoms with E-state index in [0.29, 0.717) is 11.3 Å². The predicted octanol–water partition coefficient (Wildman–Crippen LogP) is 4.84. The molecule has 256 valence electrons. The van der Waals surface area contributed by atoms with Gasteiger partial charge in [-0.1, -0.05) is 30.7 Å². The summed E-state index contributed by atoms with van der Waals surface area (Å²) in [5.74, 6) is -5.12. The molecule has 1 aliphatic heterocycles. The number of hydrogen-bond donors (Lipinski definition) is 4. The van der Waals surface area contributed by atoms with Gasteiger partial charge in [0.2, 0.25) is 29.1 Å². The van der Waals surface area contributed by atoms with Crippen LogP contribution in [0, 0.1) is 5.92 Å². The third kappa shape index (κ3) is 6.55. The molecule has 1 spiro atoms. The van der Waals surface area contributed by atoms with Crippen LogP contribution in [0.2, 0.25) is 5.02 Å². The van der Waals surface area contributed by atoms with Crippen molar-refractivity contribution in [2.24, 2.45) is 11.7 Å². The maximum Gasteiger partial charge on any atom is 0.248 e. The minimum Gasteiger partial charge on any atom is -0.507 e. The summed E-state index contributed by atoms with van der Waals surface area (Å²) in [6, 6.07) is 14.4. The second-order valence-electron chi connectivity index (χ2n) is 11.6. The van der Waals surface area contributed by atoms with Gasteiger partial charge in [0.25, 0.3) is 0 Å². The maximum absolute atomic E-state index is 14.3. The van der Waals surface area contributed by atoms with Crippen molar-refractivity contribution in [1.82, 2.24) is 5.32 Å². The van der Waals surface area contributed by atoms with Crippen molar-refractivity contribution >= 4 is 58.3 Å². The molecule has 0 saturated carbocycles. The van der Waals surface area contributed by atoms with Crippen LogP contribution in [0.5, 0.6) is 17.2 Å². The van der Waals surface area contributed by atoms with Crippen LogP contribution in [0.1, 0.15) is 52.0 Å². The highest BCUT2D eigenvalue weighted by atomic mass is 35.5. The Labute approximate surface area is 291 Å². The predicted molar refractivity (Wildman–Crippen MR) is 183 cm³/mol. The number of allylic oxidation sites excluding steroid dienone is 1. The molecular formula is C35H34ClN3O9S. The van der Waals surface area contributed by atoms with Gasteiger partial charge in [0.15, 0.2) is 17.3 Å². The summed E-state index contributed by atoms with van der Waals surface area (Å²) in [5, 5.41) is 17.2. The van der Waals surface area contributed by atoms with E-state index in [-0.39, 0.29) is 51.8 Å². The molecule has 3 aromatic carbocycles. The number of thioether (sulfide) groups is 1. The minimum absolute atomic E-state index is 0.00528. The number of ether oxygens (including phenoxy) is 3. The van der Waals surface area contributed by atoms with Crippen molar-refractivity contribution < 1.29 is 43.3 Å². The molecule has 2 aliphatic rings. The molecule has 5 rings (SSSR count). The number of Topliss-reactive ketones (excluding diaryl/α,β-unsaturated/α-hetero) is 2. The first-order chi connectivity index (χ1) is 23.4.